The molecule has 0 radical (unpaired) electrons. The van der Waals surface area contributed by atoms with Crippen LogP contribution in [0.3, 0.4) is 0 Å². The zero-order chi connectivity index (χ0) is 11.4. The molecule has 2 N–H and O–H groups in total. The molecule has 4 nitrogen and oxygen atoms in total. The molecule has 0 aliphatic heterocycles. The summed E-state index contributed by atoms with van der Waals surface area (Å²) in [7, 11) is 0. The van der Waals surface area contributed by atoms with Crippen molar-refractivity contribution in [3.63, 3.8) is 0 Å². The van der Waals surface area contributed by atoms with Crippen LogP contribution >= 0.6 is 12.2 Å². The van der Waals surface area contributed by atoms with Gasteiger partial charge in [-0.05, 0) is 44.1 Å². The van der Waals surface area contributed by atoms with Crippen molar-refractivity contribution in [1.29, 1.82) is 0 Å². The highest BCUT2D eigenvalue weighted by atomic mass is 32.1. The van der Waals surface area contributed by atoms with Crippen molar-refractivity contribution in [1.82, 2.24) is 15.7 Å². The van der Waals surface area contributed by atoms with Crippen molar-refractivity contribution in [3.05, 3.63) is 30.1 Å². The van der Waals surface area contributed by atoms with E-state index in [0.29, 0.717) is 11.2 Å². The Bertz CT molecular complexity index is 398. The molecule has 0 bridgehead atoms. The normalized spacial score (nSPS) is 15.7. The molecule has 1 aromatic rings. The van der Waals surface area contributed by atoms with E-state index in [2.05, 4.69) is 20.8 Å². The standard InChI is InChI=1S/C11H14N4S/c1-8(10-4-2-3-7-12-10)14-15-11(16)13-9-5-6-9/h2-4,7,9H,5-6H2,1H3,(H2,13,15,16)/b14-8+. The van der Waals surface area contributed by atoms with E-state index in [1.54, 1.807) is 6.20 Å². The number of hydrogen-bond acceptors (Lipinski definition) is 3. The summed E-state index contributed by atoms with van der Waals surface area (Å²) in [5.41, 5.74) is 4.49. The topological polar surface area (TPSA) is 49.3 Å². The van der Waals surface area contributed by atoms with E-state index in [1.165, 1.54) is 12.8 Å². The maximum absolute atomic E-state index is 5.09. The molecule has 2 rings (SSSR count). The Morgan fingerprint density at radius 1 is 1.50 bits per heavy atom. The van der Waals surface area contributed by atoms with E-state index in [9.17, 15) is 0 Å². The summed E-state index contributed by atoms with van der Waals surface area (Å²) in [6, 6.07) is 6.27. The van der Waals surface area contributed by atoms with Gasteiger partial charge in [-0.25, -0.2) is 0 Å². The minimum absolute atomic E-state index is 0.547. The monoisotopic (exact) mass is 234 g/mol. The molecular weight excluding hydrogens is 220 g/mol. The maximum atomic E-state index is 5.09. The predicted octanol–water partition coefficient (Wildman–Crippen LogP) is 1.43. The average molecular weight is 234 g/mol. The number of rotatable bonds is 3. The number of nitrogens with zero attached hydrogens (tertiary/aromatic N) is 2. The third kappa shape index (κ3) is 3.27. The average Bonchev–Trinajstić information content (AvgIpc) is 3.11. The van der Waals surface area contributed by atoms with Gasteiger partial charge in [0.2, 0.25) is 0 Å². The minimum Gasteiger partial charge on any atom is -0.359 e. The SMILES string of the molecule is C/C(=N\NC(=S)NC1CC1)c1ccccn1. The van der Waals surface area contributed by atoms with Crippen LogP contribution in [-0.2, 0) is 0 Å². The van der Waals surface area contributed by atoms with Crippen molar-refractivity contribution in [2.45, 2.75) is 25.8 Å². The highest BCUT2D eigenvalue weighted by molar-refractivity contribution is 7.80. The minimum atomic E-state index is 0.547. The van der Waals surface area contributed by atoms with Gasteiger partial charge in [-0.1, -0.05) is 6.07 Å². The first-order valence-electron chi connectivity index (χ1n) is 5.28. The lowest BCUT2D eigenvalue weighted by molar-refractivity contribution is 0.860. The van der Waals surface area contributed by atoms with Gasteiger partial charge in [0.05, 0.1) is 11.4 Å². The molecule has 0 atom stereocenters. The zero-order valence-electron chi connectivity index (χ0n) is 9.10. The predicted molar refractivity (Wildman–Crippen MR) is 68.3 cm³/mol. The van der Waals surface area contributed by atoms with Crippen LogP contribution in [0.25, 0.3) is 0 Å². The number of nitrogens with one attached hydrogen (secondary N) is 2. The Balaban J connectivity index is 1.88. The molecule has 16 heavy (non-hydrogen) atoms. The van der Waals surface area contributed by atoms with E-state index in [0.717, 1.165) is 11.4 Å². The molecule has 0 spiro atoms. The van der Waals surface area contributed by atoms with Crippen LogP contribution in [0.4, 0.5) is 0 Å². The molecule has 1 aromatic heterocycles. The number of thiocarbonyl (C=S) groups is 1. The summed E-state index contributed by atoms with van der Waals surface area (Å²) in [6.45, 7) is 1.90. The molecule has 5 heteroatoms. The van der Waals surface area contributed by atoms with Crippen molar-refractivity contribution < 1.29 is 0 Å². The van der Waals surface area contributed by atoms with Crippen molar-refractivity contribution in [2.24, 2.45) is 5.10 Å². The van der Waals surface area contributed by atoms with Gasteiger partial charge >= 0.3 is 0 Å². The van der Waals surface area contributed by atoms with Crippen molar-refractivity contribution in [2.75, 3.05) is 0 Å². The summed E-state index contributed by atoms with van der Waals surface area (Å²) in [6.07, 6.45) is 4.14. The molecule has 1 fully saturated rings. The van der Waals surface area contributed by atoms with Crippen LogP contribution in [0.5, 0.6) is 0 Å². The van der Waals surface area contributed by atoms with Crippen LogP contribution in [0.2, 0.25) is 0 Å². The third-order valence-electron chi connectivity index (χ3n) is 2.27. The lowest BCUT2D eigenvalue weighted by atomic mass is 10.3. The van der Waals surface area contributed by atoms with Gasteiger partial charge in [-0.3, -0.25) is 10.4 Å². The first kappa shape index (κ1) is 11.0. The summed E-state index contributed by atoms with van der Waals surface area (Å²) in [5.74, 6) is 0. The lowest BCUT2D eigenvalue weighted by Crippen LogP contribution is -2.34. The second kappa shape index (κ2) is 5.03. The molecule has 0 unspecified atom stereocenters. The fraction of sp³-hybridized carbons (Fsp3) is 0.364. The quantitative estimate of drug-likeness (QED) is 0.472. The lowest BCUT2D eigenvalue weighted by Gasteiger charge is -2.05. The van der Waals surface area contributed by atoms with Crippen LogP contribution < -0.4 is 10.7 Å². The zero-order valence-corrected chi connectivity index (χ0v) is 9.92. The molecule has 0 saturated heterocycles. The molecule has 1 aliphatic carbocycles. The van der Waals surface area contributed by atoms with Crippen LogP contribution in [0, 0.1) is 0 Å². The summed E-state index contributed by atoms with van der Waals surface area (Å²) in [4.78, 5) is 4.20. The van der Waals surface area contributed by atoms with Crippen LogP contribution in [0.1, 0.15) is 25.5 Å². The molecule has 1 heterocycles. The third-order valence-corrected chi connectivity index (χ3v) is 2.48. The van der Waals surface area contributed by atoms with E-state index >= 15 is 0 Å². The molecule has 1 aliphatic rings. The van der Waals surface area contributed by atoms with E-state index in [4.69, 9.17) is 12.2 Å². The van der Waals surface area contributed by atoms with Gasteiger partial charge in [0.15, 0.2) is 5.11 Å². The summed E-state index contributed by atoms with van der Waals surface area (Å²) in [5, 5.41) is 7.91. The number of hydrazone groups is 1. The highest BCUT2D eigenvalue weighted by Gasteiger charge is 2.21. The van der Waals surface area contributed by atoms with E-state index in [1.807, 2.05) is 25.1 Å². The van der Waals surface area contributed by atoms with Gasteiger partial charge in [-0.15, -0.1) is 0 Å². The van der Waals surface area contributed by atoms with Crippen molar-refractivity contribution >= 4 is 23.0 Å². The number of hydrogen-bond donors (Lipinski definition) is 2. The van der Waals surface area contributed by atoms with Crippen molar-refractivity contribution in [3.8, 4) is 0 Å². The van der Waals surface area contributed by atoms with E-state index < -0.39 is 0 Å². The maximum Gasteiger partial charge on any atom is 0.187 e. The van der Waals surface area contributed by atoms with E-state index in [-0.39, 0.29) is 0 Å². The van der Waals surface area contributed by atoms with Crippen LogP contribution in [-0.4, -0.2) is 21.8 Å². The molecule has 0 amide bonds. The Kier molecular flexibility index (Phi) is 3.46. The smallest absolute Gasteiger partial charge is 0.187 e. The first-order chi connectivity index (χ1) is 7.75. The molecule has 84 valence electrons. The summed E-state index contributed by atoms with van der Waals surface area (Å²) < 4.78 is 0. The second-order valence-corrected chi connectivity index (χ2v) is 4.18. The van der Waals surface area contributed by atoms with Gasteiger partial charge in [0, 0.05) is 12.2 Å². The fourth-order valence-corrected chi connectivity index (χ4v) is 1.43. The Hall–Kier alpha value is -1.49. The largest absolute Gasteiger partial charge is 0.359 e. The van der Waals surface area contributed by atoms with Gasteiger partial charge in [-0.2, -0.15) is 5.10 Å². The number of pyridine rings is 1. The Morgan fingerprint density at radius 2 is 2.31 bits per heavy atom. The first-order valence-corrected chi connectivity index (χ1v) is 5.69. The molecule has 1 saturated carbocycles. The fourth-order valence-electron chi connectivity index (χ4n) is 1.21. The Morgan fingerprint density at radius 3 is 2.94 bits per heavy atom. The number of aromatic nitrogens is 1. The van der Waals surface area contributed by atoms with Gasteiger partial charge < -0.3 is 5.32 Å². The van der Waals surface area contributed by atoms with Gasteiger partial charge in [0.1, 0.15) is 0 Å². The highest BCUT2D eigenvalue weighted by Crippen LogP contribution is 2.18. The second-order valence-electron chi connectivity index (χ2n) is 3.77. The van der Waals surface area contributed by atoms with Gasteiger partial charge in [0.25, 0.3) is 0 Å². The summed E-state index contributed by atoms with van der Waals surface area (Å²) >= 11 is 5.09. The Labute approximate surface area is 100 Å². The molecule has 0 aromatic carbocycles. The molecular formula is C11H14N4S. The van der Waals surface area contributed by atoms with Crippen LogP contribution in [0.15, 0.2) is 29.5 Å².